The molecule has 1 heterocycles. The topological polar surface area (TPSA) is 49.8 Å². The molecule has 0 radical (unpaired) electrons. The van der Waals surface area contributed by atoms with Gasteiger partial charge in [0.1, 0.15) is 5.75 Å². The van der Waals surface area contributed by atoms with Crippen molar-refractivity contribution in [2.75, 3.05) is 20.2 Å². The first-order valence-electron chi connectivity index (χ1n) is 5.92. The summed E-state index contributed by atoms with van der Waals surface area (Å²) in [5, 5.41) is 9.91. The van der Waals surface area contributed by atoms with Crippen LogP contribution in [0.1, 0.15) is 23.2 Å². The number of hydrogen-bond donors (Lipinski definition) is 1. The first kappa shape index (κ1) is 13.2. The molecule has 0 aliphatic carbocycles. The number of nitrogens with zero attached hydrogens (tertiary/aromatic N) is 1. The predicted octanol–water partition coefficient (Wildman–Crippen LogP) is 1.95. The Morgan fingerprint density at radius 2 is 2.11 bits per heavy atom. The van der Waals surface area contributed by atoms with Gasteiger partial charge in [-0.2, -0.15) is 0 Å². The second-order valence-electron chi connectivity index (χ2n) is 4.37. The number of amides is 1. The molecule has 2 rings (SSSR count). The number of carbonyl (C=O) groups excluding carboxylic acids is 1. The van der Waals surface area contributed by atoms with E-state index in [1.54, 1.807) is 23.1 Å². The van der Waals surface area contributed by atoms with Crippen LogP contribution in [0.5, 0.6) is 5.75 Å². The Balaban J connectivity index is 2.13. The molecule has 1 amide bonds. The first-order chi connectivity index (χ1) is 8.61. The minimum Gasteiger partial charge on any atom is -0.495 e. The van der Waals surface area contributed by atoms with Gasteiger partial charge in [-0.1, -0.05) is 11.6 Å². The molecule has 1 fully saturated rings. The highest BCUT2D eigenvalue weighted by molar-refractivity contribution is 6.32. The molecule has 18 heavy (non-hydrogen) atoms. The fourth-order valence-electron chi connectivity index (χ4n) is 2.04. The van der Waals surface area contributed by atoms with Crippen LogP contribution in [-0.4, -0.2) is 42.2 Å². The van der Waals surface area contributed by atoms with E-state index in [0.717, 1.165) is 0 Å². The molecule has 0 bridgehead atoms. The number of piperidine rings is 1. The van der Waals surface area contributed by atoms with Gasteiger partial charge in [0.2, 0.25) is 0 Å². The van der Waals surface area contributed by atoms with E-state index in [1.807, 2.05) is 0 Å². The van der Waals surface area contributed by atoms with E-state index in [2.05, 4.69) is 0 Å². The van der Waals surface area contributed by atoms with Crippen molar-refractivity contribution in [3.05, 3.63) is 28.8 Å². The molecule has 98 valence electrons. The highest BCUT2D eigenvalue weighted by atomic mass is 35.5. The van der Waals surface area contributed by atoms with Crippen molar-refractivity contribution in [3.8, 4) is 5.75 Å². The van der Waals surface area contributed by atoms with Crippen LogP contribution in [0.4, 0.5) is 0 Å². The van der Waals surface area contributed by atoms with Gasteiger partial charge in [0, 0.05) is 18.7 Å². The monoisotopic (exact) mass is 269 g/mol. The van der Waals surface area contributed by atoms with E-state index in [0.29, 0.717) is 42.3 Å². The largest absolute Gasteiger partial charge is 0.495 e. The van der Waals surface area contributed by atoms with Gasteiger partial charge in [0.05, 0.1) is 18.2 Å². The van der Waals surface area contributed by atoms with E-state index in [9.17, 15) is 9.90 Å². The molecule has 0 aromatic heterocycles. The number of halogens is 1. The summed E-state index contributed by atoms with van der Waals surface area (Å²) in [6.45, 7) is 1.18. The Morgan fingerprint density at radius 1 is 1.44 bits per heavy atom. The molecule has 1 saturated heterocycles. The first-order valence-corrected chi connectivity index (χ1v) is 6.30. The zero-order valence-corrected chi connectivity index (χ0v) is 11.0. The van der Waals surface area contributed by atoms with Crippen LogP contribution >= 0.6 is 11.6 Å². The molecule has 0 unspecified atom stereocenters. The molecular weight excluding hydrogens is 254 g/mol. The standard InChI is InChI=1S/C13H16ClNO3/c1-18-12-8-9(2-3-11(12)14)13(17)15-6-4-10(16)5-7-15/h2-3,8,10,16H,4-7H2,1H3. The van der Waals surface area contributed by atoms with Crippen molar-refractivity contribution in [1.82, 2.24) is 4.90 Å². The van der Waals surface area contributed by atoms with Crippen LogP contribution in [0, 0.1) is 0 Å². The lowest BCUT2D eigenvalue weighted by Gasteiger charge is -2.29. The average Bonchev–Trinajstić information content (AvgIpc) is 2.39. The molecule has 1 aliphatic rings. The number of methoxy groups -OCH3 is 1. The summed E-state index contributed by atoms with van der Waals surface area (Å²) in [6, 6.07) is 5.00. The summed E-state index contributed by atoms with van der Waals surface area (Å²) in [7, 11) is 1.52. The summed E-state index contributed by atoms with van der Waals surface area (Å²) in [4.78, 5) is 14.0. The molecule has 0 spiro atoms. The minimum atomic E-state index is -0.284. The number of benzene rings is 1. The quantitative estimate of drug-likeness (QED) is 0.893. The van der Waals surface area contributed by atoms with Crippen LogP contribution < -0.4 is 4.74 Å². The van der Waals surface area contributed by atoms with Crippen LogP contribution in [0.3, 0.4) is 0 Å². The number of aliphatic hydroxyl groups excluding tert-OH is 1. The summed E-state index contributed by atoms with van der Waals surface area (Å²) >= 11 is 5.92. The van der Waals surface area contributed by atoms with Gasteiger partial charge in [0.25, 0.3) is 5.91 Å². The number of carbonyl (C=O) groups is 1. The maximum atomic E-state index is 12.2. The van der Waals surface area contributed by atoms with Gasteiger partial charge in [-0.25, -0.2) is 0 Å². The molecule has 1 aromatic carbocycles. The minimum absolute atomic E-state index is 0.0446. The van der Waals surface area contributed by atoms with Crippen LogP contribution in [0.2, 0.25) is 5.02 Å². The van der Waals surface area contributed by atoms with Crippen LogP contribution in [0.25, 0.3) is 0 Å². The Morgan fingerprint density at radius 3 is 2.72 bits per heavy atom. The lowest BCUT2D eigenvalue weighted by molar-refractivity contribution is 0.0546. The maximum Gasteiger partial charge on any atom is 0.253 e. The number of ether oxygens (including phenoxy) is 1. The zero-order valence-electron chi connectivity index (χ0n) is 10.2. The number of aliphatic hydroxyl groups is 1. The lowest BCUT2D eigenvalue weighted by atomic mass is 10.1. The lowest BCUT2D eigenvalue weighted by Crippen LogP contribution is -2.40. The molecule has 0 atom stereocenters. The SMILES string of the molecule is COc1cc(C(=O)N2CCC(O)CC2)ccc1Cl. The molecule has 0 saturated carbocycles. The van der Waals surface area contributed by atoms with Gasteiger partial charge < -0.3 is 14.7 Å². The third-order valence-corrected chi connectivity index (χ3v) is 3.46. The van der Waals surface area contributed by atoms with E-state index >= 15 is 0 Å². The Kier molecular flexibility index (Phi) is 4.09. The maximum absolute atomic E-state index is 12.2. The number of likely N-dealkylation sites (tertiary alicyclic amines) is 1. The van der Waals surface area contributed by atoms with Gasteiger partial charge in [0.15, 0.2) is 0 Å². The van der Waals surface area contributed by atoms with Crippen molar-refractivity contribution >= 4 is 17.5 Å². The fraction of sp³-hybridized carbons (Fsp3) is 0.462. The smallest absolute Gasteiger partial charge is 0.253 e. The Labute approximate surface area is 111 Å². The number of rotatable bonds is 2. The Hall–Kier alpha value is -1.26. The summed E-state index contributed by atoms with van der Waals surface area (Å²) in [5.41, 5.74) is 0.563. The zero-order chi connectivity index (χ0) is 13.1. The van der Waals surface area contributed by atoms with Gasteiger partial charge in [-0.05, 0) is 31.0 Å². The summed E-state index contributed by atoms with van der Waals surface area (Å²) < 4.78 is 5.10. The van der Waals surface area contributed by atoms with Gasteiger partial charge in [-0.3, -0.25) is 4.79 Å². The fourth-order valence-corrected chi connectivity index (χ4v) is 2.24. The Bertz CT molecular complexity index is 442. The molecule has 5 heteroatoms. The van der Waals surface area contributed by atoms with E-state index in [-0.39, 0.29) is 12.0 Å². The normalized spacial score (nSPS) is 16.7. The number of hydrogen-bond acceptors (Lipinski definition) is 3. The van der Waals surface area contributed by atoms with E-state index in [1.165, 1.54) is 7.11 Å². The molecule has 1 aliphatic heterocycles. The molecule has 4 nitrogen and oxygen atoms in total. The third-order valence-electron chi connectivity index (χ3n) is 3.15. The molecule has 1 aromatic rings. The molecular formula is C13H16ClNO3. The predicted molar refractivity (Wildman–Crippen MR) is 69.1 cm³/mol. The van der Waals surface area contributed by atoms with E-state index < -0.39 is 0 Å². The van der Waals surface area contributed by atoms with Crippen LogP contribution in [0.15, 0.2) is 18.2 Å². The molecule has 1 N–H and O–H groups in total. The van der Waals surface area contributed by atoms with Crippen molar-refractivity contribution in [2.45, 2.75) is 18.9 Å². The van der Waals surface area contributed by atoms with Crippen molar-refractivity contribution in [2.24, 2.45) is 0 Å². The van der Waals surface area contributed by atoms with Crippen molar-refractivity contribution in [1.29, 1.82) is 0 Å². The van der Waals surface area contributed by atoms with Crippen LogP contribution in [-0.2, 0) is 0 Å². The highest BCUT2D eigenvalue weighted by Gasteiger charge is 2.22. The highest BCUT2D eigenvalue weighted by Crippen LogP contribution is 2.26. The second-order valence-corrected chi connectivity index (χ2v) is 4.78. The average molecular weight is 270 g/mol. The second kappa shape index (κ2) is 5.59. The van der Waals surface area contributed by atoms with E-state index in [4.69, 9.17) is 16.3 Å². The summed E-state index contributed by atoms with van der Waals surface area (Å²) in [5.74, 6) is 0.455. The summed E-state index contributed by atoms with van der Waals surface area (Å²) in [6.07, 6.45) is 0.987. The van der Waals surface area contributed by atoms with Gasteiger partial charge >= 0.3 is 0 Å². The van der Waals surface area contributed by atoms with Crippen molar-refractivity contribution in [3.63, 3.8) is 0 Å². The van der Waals surface area contributed by atoms with Gasteiger partial charge in [-0.15, -0.1) is 0 Å². The van der Waals surface area contributed by atoms with Crippen molar-refractivity contribution < 1.29 is 14.6 Å². The third kappa shape index (κ3) is 2.76.